The van der Waals surface area contributed by atoms with Gasteiger partial charge in [0.2, 0.25) is 0 Å². The molecule has 3 atom stereocenters. The molecular weight excluding hydrogens is 214 g/mol. The van der Waals surface area contributed by atoms with Gasteiger partial charge >= 0.3 is 0 Å². The summed E-state index contributed by atoms with van der Waals surface area (Å²) >= 11 is 0. The van der Waals surface area contributed by atoms with Crippen LogP contribution in [0.5, 0.6) is 0 Å². The monoisotopic (exact) mass is 243 g/mol. The Labute approximate surface area is 106 Å². The molecule has 0 radical (unpaired) electrons. The summed E-state index contributed by atoms with van der Waals surface area (Å²) in [6.45, 7) is 11.5. The number of hydrogen-bond donors (Lipinski definition) is 2. The normalized spacial score (nSPS) is 26.6. The molecule has 17 heavy (non-hydrogen) atoms. The molecule has 4 heteroatoms. The highest BCUT2D eigenvalue weighted by atomic mass is 16.5. The summed E-state index contributed by atoms with van der Waals surface area (Å²) in [5.74, 6) is 0. The highest BCUT2D eigenvalue weighted by Gasteiger charge is 2.28. The van der Waals surface area contributed by atoms with Crippen LogP contribution in [0.4, 0.5) is 0 Å². The molecule has 4 nitrogen and oxygen atoms in total. The summed E-state index contributed by atoms with van der Waals surface area (Å²) in [6, 6.07) is 0.315. The van der Waals surface area contributed by atoms with Crippen LogP contribution in [0.3, 0.4) is 0 Å². The molecule has 0 aromatic heterocycles. The van der Waals surface area contributed by atoms with Crippen LogP contribution >= 0.6 is 0 Å². The van der Waals surface area contributed by atoms with E-state index in [0.29, 0.717) is 24.8 Å². The van der Waals surface area contributed by atoms with Gasteiger partial charge in [-0.05, 0) is 32.9 Å². The summed E-state index contributed by atoms with van der Waals surface area (Å²) in [6.07, 6.45) is 3.02. The van der Waals surface area contributed by atoms with Crippen molar-refractivity contribution >= 4 is 0 Å². The van der Waals surface area contributed by atoms with Gasteiger partial charge in [0.1, 0.15) is 0 Å². The van der Waals surface area contributed by atoms with E-state index in [4.69, 9.17) is 10.5 Å². The van der Waals surface area contributed by atoms with E-state index in [0.717, 1.165) is 32.6 Å². The van der Waals surface area contributed by atoms with Crippen LogP contribution in [-0.4, -0.2) is 55.9 Å². The van der Waals surface area contributed by atoms with Crippen molar-refractivity contribution in [3.05, 3.63) is 0 Å². The summed E-state index contributed by atoms with van der Waals surface area (Å²) < 4.78 is 5.87. The lowest BCUT2D eigenvalue weighted by Gasteiger charge is -2.25. The Morgan fingerprint density at radius 3 is 2.53 bits per heavy atom. The fourth-order valence-electron chi connectivity index (χ4n) is 2.44. The molecule has 1 aliphatic rings. The van der Waals surface area contributed by atoms with Crippen molar-refractivity contribution in [2.45, 2.75) is 51.9 Å². The molecule has 0 aromatic rings. The second-order valence-electron chi connectivity index (χ2n) is 4.89. The second-order valence-corrected chi connectivity index (χ2v) is 4.89. The molecule has 3 unspecified atom stereocenters. The zero-order valence-electron chi connectivity index (χ0n) is 11.6. The van der Waals surface area contributed by atoms with Gasteiger partial charge in [-0.1, -0.05) is 13.8 Å². The molecule has 102 valence electrons. The number of ether oxygens (including phenoxy) is 1. The Hall–Kier alpha value is -0.160. The van der Waals surface area contributed by atoms with Gasteiger partial charge in [-0.2, -0.15) is 0 Å². The molecule has 0 spiro atoms. The molecule has 1 fully saturated rings. The second kappa shape index (κ2) is 8.03. The number of nitrogens with zero attached hydrogens (tertiary/aromatic N) is 1. The Bertz CT molecular complexity index is 197. The molecule has 1 aliphatic heterocycles. The Kier molecular flexibility index (Phi) is 7.04. The summed E-state index contributed by atoms with van der Waals surface area (Å²) in [4.78, 5) is 2.42. The van der Waals surface area contributed by atoms with Crippen molar-refractivity contribution in [1.82, 2.24) is 10.2 Å². The van der Waals surface area contributed by atoms with Crippen molar-refractivity contribution < 1.29 is 4.74 Å². The molecular formula is C13H29N3O. The van der Waals surface area contributed by atoms with Crippen LogP contribution < -0.4 is 11.1 Å². The third-order valence-corrected chi connectivity index (χ3v) is 3.70. The fraction of sp³-hybridized carbons (Fsp3) is 1.00. The van der Waals surface area contributed by atoms with Gasteiger partial charge in [0, 0.05) is 25.7 Å². The molecule has 3 N–H and O–H groups in total. The van der Waals surface area contributed by atoms with Gasteiger partial charge in [0.05, 0.1) is 12.2 Å². The van der Waals surface area contributed by atoms with Crippen LogP contribution in [0.2, 0.25) is 0 Å². The van der Waals surface area contributed by atoms with E-state index >= 15 is 0 Å². The average Bonchev–Trinajstić information content (AvgIpc) is 2.76. The van der Waals surface area contributed by atoms with Crippen molar-refractivity contribution in [2.24, 2.45) is 5.73 Å². The largest absolute Gasteiger partial charge is 0.374 e. The zero-order chi connectivity index (χ0) is 12.7. The first-order valence-corrected chi connectivity index (χ1v) is 7.02. The van der Waals surface area contributed by atoms with Crippen molar-refractivity contribution in [1.29, 1.82) is 0 Å². The minimum Gasteiger partial charge on any atom is -0.374 e. The molecule has 0 aromatic carbocycles. The van der Waals surface area contributed by atoms with Gasteiger partial charge in [0.25, 0.3) is 0 Å². The molecule has 1 rings (SSSR count). The number of nitrogens with one attached hydrogen (secondary N) is 1. The SMILES string of the molecule is CCN(CC)CCNC(CN)C1CCC(C)O1. The third-order valence-electron chi connectivity index (χ3n) is 3.70. The molecule has 0 bridgehead atoms. The first-order valence-electron chi connectivity index (χ1n) is 7.02. The Morgan fingerprint density at radius 1 is 1.35 bits per heavy atom. The van der Waals surface area contributed by atoms with Crippen LogP contribution in [0.25, 0.3) is 0 Å². The van der Waals surface area contributed by atoms with E-state index in [9.17, 15) is 0 Å². The number of nitrogens with two attached hydrogens (primary N) is 1. The highest BCUT2D eigenvalue weighted by molar-refractivity contribution is 4.83. The summed E-state index contributed by atoms with van der Waals surface area (Å²) in [5.41, 5.74) is 5.82. The zero-order valence-corrected chi connectivity index (χ0v) is 11.6. The topological polar surface area (TPSA) is 50.5 Å². The molecule has 1 heterocycles. The maximum atomic E-state index is 5.87. The lowest BCUT2D eigenvalue weighted by molar-refractivity contribution is 0.0334. The van der Waals surface area contributed by atoms with Gasteiger partial charge in [-0.25, -0.2) is 0 Å². The van der Waals surface area contributed by atoms with Crippen molar-refractivity contribution in [2.75, 3.05) is 32.7 Å². The number of rotatable bonds is 8. The van der Waals surface area contributed by atoms with Gasteiger partial charge < -0.3 is 20.7 Å². The van der Waals surface area contributed by atoms with E-state index in [1.807, 2.05) is 0 Å². The van der Waals surface area contributed by atoms with Crippen molar-refractivity contribution in [3.8, 4) is 0 Å². The van der Waals surface area contributed by atoms with Crippen LogP contribution in [0.1, 0.15) is 33.6 Å². The molecule has 0 aliphatic carbocycles. The standard InChI is InChI=1S/C13H29N3O/c1-4-16(5-2)9-8-15-12(10-14)13-7-6-11(3)17-13/h11-13,15H,4-10,14H2,1-3H3. The quantitative estimate of drug-likeness (QED) is 0.662. The maximum absolute atomic E-state index is 5.87. The first-order chi connectivity index (χ1) is 8.21. The van der Waals surface area contributed by atoms with Crippen LogP contribution in [-0.2, 0) is 4.74 Å². The summed E-state index contributed by atoms with van der Waals surface area (Å²) in [5, 5.41) is 3.54. The molecule has 0 saturated carbocycles. The van der Waals surface area contributed by atoms with Crippen molar-refractivity contribution in [3.63, 3.8) is 0 Å². The third kappa shape index (κ3) is 4.92. The van der Waals surface area contributed by atoms with E-state index in [1.165, 1.54) is 6.42 Å². The minimum absolute atomic E-state index is 0.312. The van der Waals surface area contributed by atoms with Crippen LogP contribution in [0, 0.1) is 0 Å². The summed E-state index contributed by atoms with van der Waals surface area (Å²) in [7, 11) is 0. The first kappa shape index (κ1) is 14.9. The van der Waals surface area contributed by atoms with Gasteiger partial charge in [0.15, 0.2) is 0 Å². The van der Waals surface area contributed by atoms with E-state index in [2.05, 4.69) is 31.0 Å². The minimum atomic E-state index is 0.312. The van der Waals surface area contributed by atoms with E-state index in [-0.39, 0.29) is 0 Å². The van der Waals surface area contributed by atoms with E-state index in [1.54, 1.807) is 0 Å². The predicted molar refractivity (Wildman–Crippen MR) is 72.2 cm³/mol. The lowest BCUT2D eigenvalue weighted by atomic mass is 10.1. The molecule has 1 saturated heterocycles. The fourth-order valence-corrected chi connectivity index (χ4v) is 2.44. The lowest BCUT2D eigenvalue weighted by Crippen LogP contribution is -2.47. The number of hydrogen-bond acceptors (Lipinski definition) is 4. The average molecular weight is 243 g/mol. The van der Waals surface area contributed by atoms with Gasteiger partial charge in [-0.15, -0.1) is 0 Å². The van der Waals surface area contributed by atoms with E-state index < -0.39 is 0 Å². The smallest absolute Gasteiger partial charge is 0.0744 e. The highest BCUT2D eigenvalue weighted by Crippen LogP contribution is 2.21. The Balaban J connectivity index is 2.23. The number of likely N-dealkylation sites (N-methyl/N-ethyl adjacent to an activating group) is 1. The molecule has 0 amide bonds. The van der Waals surface area contributed by atoms with Gasteiger partial charge in [-0.3, -0.25) is 0 Å². The van der Waals surface area contributed by atoms with Crippen LogP contribution in [0.15, 0.2) is 0 Å². The Morgan fingerprint density at radius 2 is 2.06 bits per heavy atom. The predicted octanol–water partition coefficient (Wildman–Crippen LogP) is 0.813. The maximum Gasteiger partial charge on any atom is 0.0744 e.